The maximum Gasteiger partial charge on any atom is 0.244 e. The van der Waals surface area contributed by atoms with Crippen LogP contribution in [0.3, 0.4) is 0 Å². The number of carbonyl (C=O) groups excluding carboxylic acids is 2. The van der Waals surface area contributed by atoms with Crippen molar-refractivity contribution in [1.82, 2.24) is 10.2 Å². The topological polar surface area (TPSA) is 86.8 Å². The van der Waals surface area contributed by atoms with E-state index >= 15 is 0 Å². The standard InChI is InChI=1S/C28H29Cl4N3O4S/c1-18(2)33-28(37)26(13-19-7-5-4-6-8-19)34(16-20-9-10-21(29)14-24(20)32)27(36)17-35(40(3,38)39)25-15-22(30)11-12-23(25)31/h4-12,14-15,18,26H,13,16-17H2,1-3H3,(H,33,37)/t26-/m0/s1. The maximum atomic E-state index is 14.1. The minimum atomic E-state index is -4.00. The Morgan fingerprint density at radius 2 is 1.50 bits per heavy atom. The number of carbonyl (C=O) groups is 2. The first-order valence-electron chi connectivity index (χ1n) is 12.3. The Hall–Kier alpha value is -2.49. The van der Waals surface area contributed by atoms with Gasteiger partial charge >= 0.3 is 0 Å². The number of sulfonamides is 1. The zero-order valence-corrected chi connectivity index (χ0v) is 25.9. The van der Waals surface area contributed by atoms with E-state index in [9.17, 15) is 18.0 Å². The molecule has 0 heterocycles. The fraction of sp³-hybridized carbons (Fsp3) is 0.286. The molecule has 40 heavy (non-hydrogen) atoms. The summed E-state index contributed by atoms with van der Waals surface area (Å²) in [6, 6.07) is 17.2. The van der Waals surface area contributed by atoms with Crippen LogP contribution in [0.15, 0.2) is 66.7 Å². The van der Waals surface area contributed by atoms with Gasteiger partial charge in [-0.05, 0) is 55.3 Å². The summed E-state index contributed by atoms with van der Waals surface area (Å²) in [5.41, 5.74) is 1.38. The van der Waals surface area contributed by atoms with Gasteiger partial charge in [0, 0.05) is 34.1 Å². The molecule has 0 aliphatic carbocycles. The third-order valence-corrected chi connectivity index (χ3v) is 8.18. The summed E-state index contributed by atoms with van der Waals surface area (Å²) in [4.78, 5) is 29.0. The summed E-state index contributed by atoms with van der Waals surface area (Å²) in [5, 5.41) is 3.92. The Morgan fingerprint density at radius 3 is 2.10 bits per heavy atom. The predicted molar refractivity (Wildman–Crippen MR) is 163 cm³/mol. The fourth-order valence-electron chi connectivity index (χ4n) is 4.04. The average Bonchev–Trinajstić information content (AvgIpc) is 2.86. The van der Waals surface area contributed by atoms with E-state index in [2.05, 4.69) is 5.32 Å². The molecular weight excluding hydrogens is 616 g/mol. The van der Waals surface area contributed by atoms with Crippen molar-refractivity contribution in [1.29, 1.82) is 0 Å². The third-order valence-electron chi connectivity index (χ3n) is 5.91. The highest BCUT2D eigenvalue weighted by Crippen LogP contribution is 2.31. The molecule has 3 aromatic carbocycles. The Kier molecular flexibility index (Phi) is 11.1. The minimum Gasteiger partial charge on any atom is -0.352 e. The number of anilines is 1. The van der Waals surface area contributed by atoms with Crippen LogP contribution < -0.4 is 9.62 Å². The molecule has 7 nitrogen and oxygen atoms in total. The largest absolute Gasteiger partial charge is 0.352 e. The van der Waals surface area contributed by atoms with E-state index in [1.165, 1.54) is 29.2 Å². The van der Waals surface area contributed by atoms with Crippen LogP contribution in [0.2, 0.25) is 20.1 Å². The van der Waals surface area contributed by atoms with Gasteiger partial charge in [-0.15, -0.1) is 0 Å². The Bertz CT molecular complexity index is 1470. The van der Waals surface area contributed by atoms with Gasteiger partial charge in [0.15, 0.2) is 0 Å². The monoisotopic (exact) mass is 643 g/mol. The Morgan fingerprint density at radius 1 is 0.875 bits per heavy atom. The summed E-state index contributed by atoms with van der Waals surface area (Å²) >= 11 is 25.0. The zero-order chi connectivity index (χ0) is 29.6. The van der Waals surface area contributed by atoms with Crippen molar-refractivity contribution in [3.8, 4) is 0 Å². The second-order valence-electron chi connectivity index (χ2n) is 9.49. The van der Waals surface area contributed by atoms with Crippen molar-refractivity contribution in [2.24, 2.45) is 0 Å². The van der Waals surface area contributed by atoms with Crippen LogP contribution in [0, 0.1) is 0 Å². The molecule has 214 valence electrons. The normalized spacial score (nSPS) is 12.2. The number of hydrogen-bond acceptors (Lipinski definition) is 4. The molecule has 0 aromatic heterocycles. The second-order valence-corrected chi connectivity index (χ2v) is 13.1. The molecule has 0 saturated carbocycles. The fourth-order valence-corrected chi connectivity index (χ4v) is 5.80. The molecule has 0 aliphatic heterocycles. The van der Waals surface area contributed by atoms with Gasteiger partial charge in [0.1, 0.15) is 12.6 Å². The van der Waals surface area contributed by atoms with Gasteiger partial charge in [0.2, 0.25) is 21.8 Å². The summed E-state index contributed by atoms with van der Waals surface area (Å²) in [7, 11) is -4.00. The lowest BCUT2D eigenvalue weighted by Crippen LogP contribution is -2.54. The molecule has 3 aromatic rings. The first-order valence-corrected chi connectivity index (χ1v) is 15.6. The van der Waals surface area contributed by atoms with Crippen LogP contribution in [0.25, 0.3) is 0 Å². The molecule has 0 unspecified atom stereocenters. The van der Waals surface area contributed by atoms with E-state index in [1.807, 2.05) is 44.2 Å². The first kappa shape index (κ1) is 32.0. The summed E-state index contributed by atoms with van der Waals surface area (Å²) < 4.78 is 26.6. The van der Waals surface area contributed by atoms with Crippen LogP contribution in [0.1, 0.15) is 25.0 Å². The number of benzene rings is 3. The lowest BCUT2D eigenvalue weighted by Gasteiger charge is -2.34. The van der Waals surface area contributed by atoms with E-state index in [1.54, 1.807) is 12.1 Å². The highest BCUT2D eigenvalue weighted by atomic mass is 35.5. The molecule has 0 radical (unpaired) electrons. The highest BCUT2D eigenvalue weighted by molar-refractivity contribution is 7.92. The van der Waals surface area contributed by atoms with Crippen LogP contribution in [0.5, 0.6) is 0 Å². The van der Waals surface area contributed by atoms with E-state index in [-0.39, 0.29) is 34.7 Å². The molecule has 1 atom stereocenters. The molecule has 2 amide bonds. The quantitative estimate of drug-likeness (QED) is 0.268. The van der Waals surface area contributed by atoms with Crippen LogP contribution in [-0.2, 0) is 32.6 Å². The molecule has 12 heteroatoms. The van der Waals surface area contributed by atoms with E-state index in [0.717, 1.165) is 16.1 Å². The van der Waals surface area contributed by atoms with Gasteiger partial charge in [-0.25, -0.2) is 8.42 Å². The SMILES string of the molecule is CC(C)NC(=O)[C@H](Cc1ccccc1)N(Cc1ccc(Cl)cc1Cl)C(=O)CN(c1cc(Cl)ccc1Cl)S(C)(=O)=O. The van der Waals surface area contributed by atoms with E-state index in [0.29, 0.717) is 15.6 Å². The number of nitrogens with zero attached hydrogens (tertiary/aromatic N) is 2. The van der Waals surface area contributed by atoms with Crippen LogP contribution in [-0.4, -0.2) is 50.0 Å². The number of rotatable bonds is 11. The van der Waals surface area contributed by atoms with Crippen molar-refractivity contribution >= 4 is 73.9 Å². The molecule has 3 rings (SSSR count). The zero-order valence-electron chi connectivity index (χ0n) is 22.1. The average molecular weight is 645 g/mol. The number of nitrogens with one attached hydrogen (secondary N) is 1. The number of halogens is 4. The van der Waals surface area contributed by atoms with Gasteiger partial charge in [-0.2, -0.15) is 0 Å². The third kappa shape index (κ3) is 8.75. The molecule has 0 bridgehead atoms. The lowest BCUT2D eigenvalue weighted by atomic mass is 10.0. The van der Waals surface area contributed by atoms with Gasteiger partial charge in [-0.3, -0.25) is 13.9 Å². The smallest absolute Gasteiger partial charge is 0.244 e. The molecule has 0 spiro atoms. The first-order chi connectivity index (χ1) is 18.8. The predicted octanol–water partition coefficient (Wildman–Crippen LogP) is 6.23. The maximum absolute atomic E-state index is 14.1. The minimum absolute atomic E-state index is 0.0423. The summed E-state index contributed by atoms with van der Waals surface area (Å²) in [6.45, 7) is 2.90. The Balaban J connectivity index is 2.11. The van der Waals surface area contributed by atoms with Gasteiger partial charge in [0.05, 0.1) is 17.0 Å². The van der Waals surface area contributed by atoms with Crippen molar-refractivity contribution in [2.75, 3.05) is 17.1 Å². The van der Waals surface area contributed by atoms with Crippen molar-refractivity contribution in [3.05, 3.63) is 97.9 Å². The number of hydrogen-bond donors (Lipinski definition) is 1. The van der Waals surface area contributed by atoms with Crippen molar-refractivity contribution < 1.29 is 18.0 Å². The second kappa shape index (κ2) is 13.9. The van der Waals surface area contributed by atoms with E-state index in [4.69, 9.17) is 46.4 Å². The van der Waals surface area contributed by atoms with Gasteiger partial charge in [-0.1, -0.05) is 82.8 Å². The van der Waals surface area contributed by atoms with Crippen LogP contribution in [0.4, 0.5) is 5.69 Å². The Labute approximate surface area is 255 Å². The van der Waals surface area contributed by atoms with Crippen LogP contribution >= 0.6 is 46.4 Å². The van der Waals surface area contributed by atoms with Gasteiger partial charge < -0.3 is 10.2 Å². The molecular formula is C28H29Cl4N3O4S. The molecule has 0 aliphatic rings. The molecule has 1 N–H and O–H groups in total. The number of amides is 2. The molecule has 0 fully saturated rings. The van der Waals surface area contributed by atoms with Gasteiger partial charge in [0.25, 0.3) is 0 Å². The van der Waals surface area contributed by atoms with Crippen molar-refractivity contribution in [3.63, 3.8) is 0 Å². The summed E-state index contributed by atoms with van der Waals surface area (Å²) in [6.07, 6.45) is 1.14. The van der Waals surface area contributed by atoms with E-state index < -0.39 is 34.4 Å². The lowest BCUT2D eigenvalue weighted by molar-refractivity contribution is -0.140. The summed E-state index contributed by atoms with van der Waals surface area (Å²) in [5.74, 6) is -1.05. The molecule has 0 saturated heterocycles. The highest BCUT2D eigenvalue weighted by Gasteiger charge is 2.34. The van der Waals surface area contributed by atoms with Crippen molar-refractivity contribution in [2.45, 2.75) is 38.9 Å².